The molecule has 3 heterocycles. The zero-order chi connectivity index (χ0) is 31.0. The van der Waals surface area contributed by atoms with E-state index >= 15 is 0 Å². The fourth-order valence-corrected chi connectivity index (χ4v) is 6.23. The lowest BCUT2D eigenvalue weighted by atomic mass is 9.96. The standard InChI is InChI=1S/C13H18N2O.C13H19N.C12H18N2/c14-13(16)12-6-8-15(9-7-12)10-11-4-2-1-3-5-11;1-12-7-9-14(10-8-12)11-13-5-3-2-4-6-13;13-12-6-8-14(9-7-12)10-11-4-2-1-3-5-11/h1-5,12H,6-10H2,(H2,14,16);2-6,12H,7-11H2,1H3;1-5,12H,6-10,13H2. The van der Waals surface area contributed by atoms with Crippen LogP contribution >= 0.6 is 0 Å². The van der Waals surface area contributed by atoms with Crippen LogP contribution in [0, 0.1) is 11.8 Å². The maximum Gasteiger partial charge on any atom is 0.220 e. The van der Waals surface area contributed by atoms with E-state index in [2.05, 4.69) is 107 Å². The van der Waals surface area contributed by atoms with Crippen molar-refractivity contribution in [2.75, 3.05) is 39.3 Å². The summed E-state index contributed by atoms with van der Waals surface area (Å²) in [6.07, 6.45) is 6.84. The van der Waals surface area contributed by atoms with Gasteiger partial charge in [-0.1, -0.05) is 97.9 Å². The van der Waals surface area contributed by atoms with Crippen LogP contribution < -0.4 is 11.5 Å². The minimum Gasteiger partial charge on any atom is -0.369 e. The number of hydrogen-bond donors (Lipinski definition) is 2. The van der Waals surface area contributed by atoms with Crippen LogP contribution in [0.25, 0.3) is 0 Å². The van der Waals surface area contributed by atoms with Crippen molar-refractivity contribution in [3.8, 4) is 0 Å². The molecule has 4 N–H and O–H groups in total. The number of nitrogens with zero attached hydrogens (tertiary/aromatic N) is 3. The highest BCUT2D eigenvalue weighted by Crippen LogP contribution is 2.19. The number of benzene rings is 3. The van der Waals surface area contributed by atoms with Gasteiger partial charge in [-0.25, -0.2) is 0 Å². The van der Waals surface area contributed by atoms with Gasteiger partial charge in [0.1, 0.15) is 0 Å². The maximum absolute atomic E-state index is 11.0. The van der Waals surface area contributed by atoms with E-state index in [0.717, 1.165) is 77.4 Å². The number of hydrogen-bond acceptors (Lipinski definition) is 5. The molecule has 0 radical (unpaired) electrons. The third-order valence-electron chi connectivity index (χ3n) is 9.25. The van der Waals surface area contributed by atoms with Gasteiger partial charge in [0.05, 0.1) is 0 Å². The summed E-state index contributed by atoms with van der Waals surface area (Å²) in [6, 6.07) is 32.3. The summed E-state index contributed by atoms with van der Waals surface area (Å²) >= 11 is 0. The number of primary amides is 1. The van der Waals surface area contributed by atoms with E-state index in [9.17, 15) is 4.79 Å². The van der Waals surface area contributed by atoms with Crippen molar-refractivity contribution in [1.82, 2.24) is 14.7 Å². The van der Waals surface area contributed by atoms with Crippen LogP contribution in [-0.2, 0) is 24.4 Å². The molecule has 6 rings (SSSR count). The van der Waals surface area contributed by atoms with E-state index < -0.39 is 0 Å². The Labute approximate surface area is 266 Å². The Morgan fingerprint density at radius 2 is 0.886 bits per heavy atom. The molecule has 6 nitrogen and oxygen atoms in total. The molecule has 3 saturated heterocycles. The summed E-state index contributed by atoms with van der Waals surface area (Å²) in [5, 5.41) is 0. The topological polar surface area (TPSA) is 78.8 Å². The molecular formula is C38H55N5O. The molecule has 44 heavy (non-hydrogen) atoms. The van der Waals surface area contributed by atoms with Gasteiger partial charge in [0.2, 0.25) is 5.91 Å². The Morgan fingerprint density at radius 3 is 1.23 bits per heavy atom. The first-order valence-corrected chi connectivity index (χ1v) is 16.8. The summed E-state index contributed by atoms with van der Waals surface area (Å²) in [6.45, 7) is 12.3. The Balaban J connectivity index is 0.000000151. The van der Waals surface area contributed by atoms with Crippen molar-refractivity contribution < 1.29 is 4.79 Å². The first-order valence-electron chi connectivity index (χ1n) is 16.8. The lowest BCUT2D eigenvalue weighted by Gasteiger charge is -2.30. The van der Waals surface area contributed by atoms with Crippen LogP contribution in [0.1, 0.15) is 62.1 Å². The highest BCUT2D eigenvalue weighted by atomic mass is 16.1. The predicted molar refractivity (Wildman–Crippen MR) is 183 cm³/mol. The lowest BCUT2D eigenvalue weighted by molar-refractivity contribution is -0.123. The summed E-state index contributed by atoms with van der Waals surface area (Å²) < 4.78 is 0. The zero-order valence-corrected chi connectivity index (χ0v) is 26.9. The summed E-state index contributed by atoms with van der Waals surface area (Å²) in [5.41, 5.74) is 15.4. The van der Waals surface area contributed by atoms with Crippen LogP contribution in [0.4, 0.5) is 0 Å². The quantitative estimate of drug-likeness (QED) is 0.354. The highest BCUT2D eigenvalue weighted by Gasteiger charge is 2.23. The first-order chi connectivity index (χ1) is 21.4. The van der Waals surface area contributed by atoms with E-state index in [0.29, 0.717) is 6.04 Å². The predicted octanol–water partition coefficient (Wildman–Crippen LogP) is 5.91. The number of likely N-dealkylation sites (tertiary alicyclic amines) is 3. The monoisotopic (exact) mass is 597 g/mol. The fourth-order valence-electron chi connectivity index (χ4n) is 6.23. The average Bonchev–Trinajstić information content (AvgIpc) is 3.06. The molecular weight excluding hydrogens is 542 g/mol. The van der Waals surface area contributed by atoms with E-state index in [-0.39, 0.29) is 11.8 Å². The van der Waals surface area contributed by atoms with E-state index in [1.807, 2.05) is 6.07 Å². The summed E-state index contributed by atoms with van der Waals surface area (Å²) in [7, 11) is 0. The maximum atomic E-state index is 11.0. The molecule has 3 aromatic carbocycles. The van der Waals surface area contributed by atoms with Crippen molar-refractivity contribution >= 4 is 5.91 Å². The van der Waals surface area contributed by atoms with Crippen molar-refractivity contribution in [2.24, 2.45) is 23.3 Å². The van der Waals surface area contributed by atoms with Gasteiger partial charge in [0, 0.05) is 31.6 Å². The number of rotatable bonds is 7. The molecule has 0 aromatic heterocycles. The highest BCUT2D eigenvalue weighted by molar-refractivity contribution is 5.76. The Kier molecular flexibility index (Phi) is 14.4. The molecule has 0 spiro atoms. The van der Waals surface area contributed by atoms with Gasteiger partial charge in [-0.05, 0) is 100 Å². The van der Waals surface area contributed by atoms with Gasteiger partial charge in [0.15, 0.2) is 0 Å². The number of piperidine rings is 3. The second kappa shape index (κ2) is 18.7. The Bertz CT molecular complexity index is 1110. The third kappa shape index (κ3) is 12.5. The molecule has 1 amide bonds. The number of amides is 1. The van der Waals surface area contributed by atoms with E-state index in [1.54, 1.807) is 0 Å². The van der Waals surface area contributed by atoms with Gasteiger partial charge in [-0.2, -0.15) is 0 Å². The SMILES string of the molecule is CC1CCN(Cc2ccccc2)CC1.NC(=O)C1CCN(Cc2ccccc2)CC1.NC1CCN(Cc2ccccc2)CC1. The second-order valence-corrected chi connectivity index (χ2v) is 13.0. The van der Waals surface area contributed by atoms with Crippen molar-refractivity contribution in [3.63, 3.8) is 0 Å². The Hall–Kier alpha value is -3.03. The zero-order valence-electron chi connectivity index (χ0n) is 26.9. The minimum absolute atomic E-state index is 0.0898. The molecule has 3 aliphatic rings. The first kappa shape index (κ1) is 33.9. The van der Waals surface area contributed by atoms with Crippen LogP contribution in [0.5, 0.6) is 0 Å². The average molecular weight is 598 g/mol. The number of carbonyl (C=O) groups is 1. The smallest absolute Gasteiger partial charge is 0.220 e. The number of nitrogens with two attached hydrogens (primary N) is 2. The van der Waals surface area contributed by atoms with Crippen molar-refractivity contribution in [3.05, 3.63) is 108 Å². The summed E-state index contributed by atoms with van der Waals surface area (Å²) in [5.74, 6) is 0.883. The molecule has 6 heteroatoms. The van der Waals surface area contributed by atoms with Gasteiger partial charge in [0.25, 0.3) is 0 Å². The van der Waals surface area contributed by atoms with Gasteiger partial charge in [-0.3, -0.25) is 19.5 Å². The minimum atomic E-state index is -0.139. The van der Waals surface area contributed by atoms with Gasteiger partial charge < -0.3 is 11.5 Å². The second-order valence-electron chi connectivity index (χ2n) is 13.0. The molecule has 0 bridgehead atoms. The number of carbonyl (C=O) groups excluding carboxylic acids is 1. The fraction of sp³-hybridized carbons (Fsp3) is 0.500. The lowest BCUT2D eigenvalue weighted by Crippen LogP contribution is -2.39. The molecule has 3 fully saturated rings. The van der Waals surface area contributed by atoms with Crippen molar-refractivity contribution in [1.29, 1.82) is 0 Å². The Morgan fingerprint density at radius 1 is 0.568 bits per heavy atom. The molecule has 0 atom stereocenters. The van der Waals surface area contributed by atoms with Gasteiger partial charge >= 0.3 is 0 Å². The normalized spacial score (nSPS) is 19.3. The molecule has 3 aliphatic heterocycles. The molecule has 0 saturated carbocycles. The van der Waals surface area contributed by atoms with E-state index in [1.165, 1.54) is 42.6 Å². The third-order valence-corrected chi connectivity index (χ3v) is 9.25. The largest absolute Gasteiger partial charge is 0.369 e. The van der Waals surface area contributed by atoms with Crippen LogP contribution in [0.15, 0.2) is 91.0 Å². The van der Waals surface area contributed by atoms with E-state index in [4.69, 9.17) is 11.5 Å². The van der Waals surface area contributed by atoms with Crippen LogP contribution in [-0.4, -0.2) is 65.9 Å². The van der Waals surface area contributed by atoms with Crippen LogP contribution in [0.2, 0.25) is 0 Å². The molecule has 3 aromatic rings. The molecule has 238 valence electrons. The van der Waals surface area contributed by atoms with Gasteiger partial charge in [-0.15, -0.1) is 0 Å². The molecule has 0 aliphatic carbocycles. The van der Waals surface area contributed by atoms with Crippen molar-refractivity contribution in [2.45, 2.75) is 71.1 Å². The summed E-state index contributed by atoms with van der Waals surface area (Å²) in [4.78, 5) is 18.5. The molecule has 0 unspecified atom stereocenters. The van der Waals surface area contributed by atoms with Crippen LogP contribution in [0.3, 0.4) is 0 Å².